The van der Waals surface area contributed by atoms with Gasteiger partial charge >= 0.3 is 7.25 Å². The highest BCUT2D eigenvalue weighted by molar-refractivity contribution is 6.50. The third kappa shape index (κ3) is 6.48. The van der Waals surface area contributed by atoms with Gasteiger partial charge in [-0.3, -0.25) is 0 Å². The van der Waals surface area contributed by atoms with Crippen LogP contribution < -0.4 is 4.57 Å². The predicted octanol–water partition coefficient (Wildman–Crippen LogP) is 8.57. The molecule has 0 aliphatic heterocycles. The molecule has 0 N–H and O–H groups in total. The highest BCUT2D eigenvalue weighted by Crippen LogP contribution is 2.30. The topological polar surface area (TPSA) is 3.88 Å². The summed E-state index contributed by atoms with van der Waals surface area (Å²) >= 11 is 0. The standard InChI is InChI=1S/C30H24N.BF4/c1-23-17-19-28(20-18-23)31-29(25-13-7-3-8-14-25)21-27(24-11-5-2-6-12-24)22-30(31)26-15-9-4-10-16-26;2-1(3,4)5/h2-22H,1H3;/q+1;-1. The monoisotopic (exact) mass is 485 g/mol. The van der Waals surface area contributed by atoms with Crippen molar-refractivity contribution in [2.75, 3.05) is 0 Å². The minimum absolute atomic E-state index is 1.16. The van der Waals surface area contributed by atoms with Crippen molar-refractivity contribution in [1.29, 1.82) is 0 Å². The first-order chi connectivity index (χ1) is 17.3. The second kappa shape index (κ2) is 11.0. The van der Waals surface area contributed by atoms with Crippen molar-refractivity contribution in [3.05, 3.63) is 133 Å². The van der Waals surface area contributed by atoms with Gasteiger partial charge in [-0.1, -0.05) is 84.4 Å². The summed E-state index contributed by atoms with van der Waals surface area (Å²) in [5.41, 5.74) is 9.57. The minimum atomic E-state index is -6.00. The maximum Gasteiger partial charge on any atom is 0.673 e. The van der Waals surface area contributed by atoms with E-state index in [0.717, 1.165) is 5.69 Å². The van der Waals surface area contributed by atoms with Crippen molar-refractivity contribution < 1.29 is 21.8 Å². The predicted molar refractivity (Wildman–Crippen MR) is 139 cm³/mol. The van der Waals surface area contributed by atoms with Gasteiger partial charge in [0.05, 0.1) is 0 Å². The lowest BCUT2D eigenvalue weighted by Crippen LogP contribution is -2.36. The molecule has 0 atom stereocenters. The molecule has 1 aromatic heterocycles. The molecule has 0 radical (unpaired) electrons. The lowest BCUT2D eigenvalue weighted by atomic mass is 9.98. The fourth-order valence-corrected chi connectivity index (χ4v) is 4.01. The van der Waals surface area contributed by atoms with Gasteiger partial charge in [-0.05, 0) is 42.3 Å². The summed E-state index contributed by atoms with van der Waals surface area (Å²) in [5, 5.41) is 0. The molecule has 0 spiro atoms. The van der Waals surface area contributed by atoms with Gasteiger partial charge < -0.3 is 17.3 Å². The van der Waals surface area contributed by atoms with Crippen LogP contribution in [0.4, 0.5) is 17.3 Å². The van der Waals surface area contributed by atoms with Crippen molar-refractivity contribution in [1.82, 2.24) is 0 Å². The van der Waals surface area contributed by atoms with E-state index in [4.69, 9.17) is 0 Å². The average Bonchev–Trinajstić information content (AvgIpc) is 2.89. The Morgan fingerprint density at radius 2 is 0.833 bits per heavy atom. The van der Waals surface area contributed by atoms with Crippen LogP contribution in [0.3, 0.4) is 0 Å². The first kappa shape index (κ1) is 24.9. The first-order valence-electron chi connectivity index (χ1n) is 11.5. The fraction of sp³-hybridized carbons (Fsp3) is 0.0333. The normalized spacial score (nSPS) is 10.9. The molecule has 36 heavy (non-hydrogen) atoms. The number of aryl methyl sites for hydroxylation is 1. The van der Waals surface area contributed by atoms with Crippen molar-refractivity contribution in [2.45, 2.75) is 6.92 Å². The maximum atomic E-state index is 9.75. The van der Waals surface area contributed by atoms with Crippen LogP contribution in [0.15, 0.2) is 127 Å². The Balaban J connectivity index is 0.000000556. The van der Waals surface area contributed by atoms with E-state index < -0.39 is 7.25 Å². The van der Waals surface area contributed by atoms with Gasteiger partial charge in [0.2, 0.25) is 17.1 Å². The van der Waals surface area contributed by atoms with Gasteiger partial charge in [-0.15, -0.1) is 0 Å². The summed E-state index contributed by atoms with van der Waals surface area (Å²) in [4.78, 5) is 0. The Bertz CT molecular complexity index is 1340. The van der Waals surface area contributed by atoms with E-state index in [1.54, 1.807) is 0 Å². The lowest BCUT2D eigenvalue weighted by Gasteiger charge is -2.12. The Hall–Kier alpha value is -4.19. The zero-order chi connectivity index (χ0) is 25.5. The summed E-state index contributed by atoms with van der Waals surface area (Å²) < 4.78 is 41.4. The van der Waals surface area contributed by atoms with E-state index in [-0.39, 0.29) is 0 Å². The number of aromatic nitrogens is 1. The molecule has 1 heterocycles. The number of nitrogens with zero attached hydrogens (tertiary/aromatic N) is 1. The van der Waals surface area contributed by atoms with E-state index in [0.29, 0.717) is 0 Å². The van der Waals surface area contributed by atoms with Crippen LogP contribution in [-0.2, 0) is 0 Å². The Labute approximate surface area is 208 Å². The molecule has 180 valence electrons. The van der Waals surface area contributed by atoms with Crippen LogP contribution >= 0.6 is 0 Å². The van der Waals surface area contributed by atoms with Gasteiger partial charge in [0.1, 0.15) is 0 Å². The Morgan fingerprint density at radius 3 is 1.22 bits per heavy atom. The molecule has 0 fully saturated rings. The van der Waals surface area contributed by atoms with Gasteiger partial charge in [0.25, 0.3) is 0 Å². The maximum absolute atomic E-state index is 9.75. The summed E-state index contributed by atoms with van der Waals surface area (Å²) in [6.45, 7) is 2.13. The molecule has 4 aromatic carbocycles. The molecule has 0 aliphatic rings. The molecule has 0 bridgehead atoms. The number of pyridine rings is 1. The molecule has 0 saturated carbocycles. The number of benzene rings is 4. The van der Waals surface area contributed by atoms with Crippen molar-refractivity contribution in [3.63, 3.8) is 0 Å². The molecule has 0 saturated heterocycles. The molecular weight excluding hydrogens is 461 g/mol. The molecule has 5 rings (SSSR count). The third-order valence-electron chi connectivity index (χ3n) is 5.60. The quantitative estimate of drug-likeness (QED) is 0.136. The molecule has 5 aromatic rings. The van der Waals surface area contributed by atoms with E-state index in [9.17, 15) is 17.3 Å². The van der Waals surface area contributed by atoms with Gasteiger partial charge in [-0.2, -0.15) is 4.57 Å². The molecule has 0 amide bonds. The number of halogens is 4. The third-order valence-corrected chi connectivity index (χ3v) is 5.60. The Morgan fingerprint density at radius 1 is 0.472 bits per heavy atom. The van der Waals surface area contributed by atoms with Crippen LogP contribution in [0.25, 0.3) is 39.3 Å². The largest absolute Gasteiger partial charge is 0.673 e. The molecule has 6 heteroatoms. The van der Waals surface area contributed by atoms with E-state index in [2.05, 4.69) is 139 Å². The van der Waals surface area contributed by atoms with E-state index >= 15 is 0 Å². The smallest absolute Gasteiger partial charge is 0.418 e. The van der Waals surface area contributed by atoms with Gasteiger partial charge in [0, 0.05) is 35.4 Å². The second-order valence-electron chi connectivity index (χ2n) is 8.28. The zero-order valence-electron chi connectivity index (χ0n) is 19.7. The average molecular weight is 485 g/mol. The van der Waals surface area contributed by atoms with Crippen LogP contribution in [0.1, 0.15) is 5.56 Å². The molecule has 1 nitrogen and oxygen atoms in total. The summed E-state index contributed by atoms with van der Waals surface area (Å²) in [7, 11) is -6.00. The number of rotatable bonds is 4. The molecule has 0 aliphatic carbocycles. The number of hydrogen-bond donors (Lipinski definition) is 0. The minimum Gasteiger partial charge on any atom is -0.418 e. The summed E-state index contributed by atoms with van der Waals surface area (Å²) in [6, 6.07) is 45.3. The second-order valence-corrected chi connectivity index (χ2v) is 8.28. The van der Waals surface area contributed by atoms with Gasteiger partial charge in [-0.25, -0.2) is 0 Å². The Kier molecular flexibility index (Phi) is 7.64. The van der Waals surface area contributed by atoms with E-state index in [1.807, 2.05) is 0 Å². The fourth-order valence-electron chi connectivity index (χ4n) is 4.01. The summed E-state index contributed by atoms with van der Waals surface area (Å²) in [5.74, 6) is 0. The first-order valence-corrected chi connectivity index (χ1v) is 11.5. The van der Waals surface area contributed by atoms with Crippen molar-refractivity contribution >= 4 is 7.25 Å². The number of hydrogen-bond acceptors (Lipinski definition) is 0. The van der Waals surface area contributed by atoms with Crippen LogP contribution in [0.2, 0.25) is 0 Å². The summed E-state index contributed by atoms with van der Waals surface area (Å²) in [6.07, 6.45) is 0. The van der Waals surface area contributed by atoms with Crippen LogP contribution in [0.5, 0.6) is 0 Å². The van der Waals surface area contributed by atoms with E-state index in [1.165, 1.54) is 39.2 Å². The molecule has 0 unspecified atom stereocenters. The van der Waals surface area contributed by atoms with Gasteiger partial charge in [0.15, 0.2) is 0 Å². The highest BCUT2D eigenvalue weighted by Gasteiger charge is 2.24. The molecular formula is C30H24BF4N. The van der Waals surface area contributed by atoms with Crippen LogP contribution in [0, 0.1) is 6.92 Å². The van der Waals surface area contributed by atoms with Crippen LogP contribution in [-0.4, -0.2) is 7.25 Å². The zero-order valence-corrected chi connectivity index (χ0v) is 19.7. The highest BCUT2D eigenvalue weighted by atomic mass is 19.5. The van der Waals surface area contributed by atoms with Crippen molar-refractivity contribution in [2.24, 2.45) is 0 Å². The SMILES string of the molecule is Cc1ccc(-[n+]2c(-c3ccccc3)cc(-c3ccccc3)cc2-c2ccccc2)cc1.F[B-](F)(F)F. The van der Waals surface area contributed by atoms with Crippen molar-refractivity contribution in [3.8, 4) is 39.3 Å². The lowest BCUT2D eigenvalue weighted by molar-refractivity contribution is -0.572.